The molecule has 316 valence electrons. The van der Waals surface area contributed by atoms with Crippen molar-refractivity contribution in [2.75, 3.05) is 11.5 Å². The largest absolute Gasteiger partial charge is 0.418 e. The van der Waals surface area contributed by atoms with E-state index in [2.05, 4.69) is 45.2 Å². The van der Waals surface area contributed by atoms with Gasteiger partial charge >= 0.3 is 12.4 Å². The number of hydrogen-bond donors (Lipinski definition) is 3. The number of nitrogens with zero attached hydrogens (tertiary/aromatic N) is 9. The number of halogens is 10. The summed E-state index contributed by atoms with van der Waals surface area (Å²) < 4.78 is 141. The Labute approximate surface area is 326 Å². The fourth-order valence-corrected chi connectivity index (χ4v) is 6.15. The Morgan fingerprint density at radius 3 is 1.69 bits per heavy atom. The zero-order valence-electron chi connectivity index (χ0n) is 30.7. The molecule has 0 bridgehead atoms. The van der Waals surface area contributed by atoms with Gasteiger partial charge in [-0.25, -0.2) is 52.1 Å². The number of H-pyrrole nitrogens is 1. The van der Waals surface area contributed by atoms with E-state index in [1.165, 1.54) is 17.3 Å². The predicted octanol–water partition coefficient (Wildman–Crippen LogP) is 9.34. The van der Waals surface area contributed by atoms with Gasteiger partial charge in [0.2, 0.25) is 23.6 Å². The third kappa shape index (κ3) is 10.5. The van der Waals surface area contributed by atoms with Crippen LogP contribution in [0.5, 0.6) is 23.5 Å². The highest BCUT2D eigenvalue weighted by Gasteiger charge is 2.38. The first-order valence-electron chi connectivity index (χ1n) is 17.8. The number of rotatable bonds is 5. The lowest BCUT2D eigenvalue weighted by atomic mass is 9.88. The van der Waals surface area contributed by atoms with Crippen LogP contribution in [0.3, 0.4) is 0 Å². The molecule has 2 aliphatic rings. The van der Waals surface area contributed by atoms with Crippen LogP contribution in [0.2, 0.25) is 0 Å². The molecule has 0 aliphatic heterocycles. The average molecular weight is 845 g/mol. The lowest BCUT2D eigenvalue weighted by Gasteiger charge is -2.28. The van der Waals surface area contributed by atoms with Crippen molar-refractivity contribution >= 4 is 33.7 Å². The maximum atomic E-state index is 13.5. The van der Waals surface area contributed by atoms with Crippen LogP contribution in [-0.4, -0.2) is 61.7 Å². The Bertz CT molecular complexity index is 2370. The van der Waals surface area contributed by atoms with Crippen molar-refractivity contribution in [1.29, 1.82) is 0 Å². The summed E-state index contributed by atoms with van der Waals surface area (Å²) in [6.07, 6.45) is -3.36. The summed E-state index contributed by atoms with van der Waals surface area (Å²) in [5.41, 5.74) is 10.3. The van der Waals surface area contributed by atoms with Gasteiger partial charge in [-0.1, -0.05) is 6.92 Å². The quantitative estimate of drug-likeness (QED) is 0.139. The van der Waals surface area contributed by atoms with E-state index < -0.39 is 35.3 Å². The maximum absolute atomic E-state index is 13.5. The van der Waals surface area contributed by atoms with E-state index in [1.54, 1.807) is 0 Å². The molecule has 0 unspecified atom stereocenters. The van der Waals surface area contributed by atoms with Gasteiger partial charge in [0.15, 0.2) is 11.3 Å². The van der Waals surface area contributed by atoms with Gasteiger partial charge in [-0.15, -0.1) is 10.2 Å². The molecule has 59 heavy (non-hydrogen) atoms. The number of fused-ring (bicyclic) bond motifs is 2. The van der Waals surface area contributed by atoms with Crippen LogP contribution in [0.25, 0.3) is 22.1 Å². The van der Waals surface area contributed by atoms with Gasteiger partial charge in [-0.05, 0) is 43.7 Å². The summed E-state index contributed by atoms with van der Waals surface area (Å²) in [6.45, 7) is 2.04. The molecule has 0 saturated heterocycles. The summed E-state index contributed by atoms with van der Waals surface area (Å²) >= 11 is 0. The summed E-state index contributed by atoms with van der Waals surface area (Å²) in [7, 11) is 0. The van der Waals surface area contributed by atoms with Gasteiger partial charge in [-0.2, -0.15) is 26.3 Å². The Morgan fingerprint density at radius 2 is 1.17 bits per heavy atom. The molecule has 2 fully saturated rings. The Balaban J connectivity index is 0.000000169. The SMILES string of the molecule is CC1CCC(F)(F)CC1.Nc1ncnc2[nH]nc(Oc3cc(C(F)(F)F)ccn3)c12.Nc1ncnc2c1c(Oc1cc(C(F)(F)F)ccn1)nn2C1CCC(F)(F)CC1. The van der Waals surface area contributed by atoms with Gasteiger partial charge in [-0.3, -0.25) is 5.10 Å². The summed E-state index contributed by atoms with van der Waals surface area (Å²) in [5.74, 6) is -5.24. The number of nitrogens with two attached hydrogens (primary N) is 2. The van der Waals surface area contributed by atoms with Crippen molar-refractivity contribution in [2.45, 2.75) is 88.5 Å². The molecule has 2 aliphatic carbocycles. The normalized spacial score (nSPS) is 17.1. The number of hydrogen-bond acceptors (Lipinski definition) is 12. The zero-order chi connectivity index (χ0) is 42.8. The monoisotopic (exact) mass is 844 g/mol. The highest BCUT2D eigenvalue weighted by Crippen LogP contribution is 2.42. The second kappa shape index (κ2) is 16.6. The first kappa shape index (κ1) is 42.5. The molecular weight excluding hydrogens is 810 g/mol. The minimum Gasteiger partial charge on any atom is -0.418 e. The number of nitrogens with one attached hydrogen (secondary N) is 1. The molecule has 0 radical (unpaired) electrons. The van der Waals surface area contributed by atoms with Crippen molar-refractivity contribution in [3.05, 3.63) is 60.4 Å². The molecule has 8 rings (SSSR count). The molecular formula is C35H34F10N12O2. The molecule has 0 amide bonds. The third-order valence-corrected chi connectivity index (χ3v) is 9.40. The topological polar surface area (TPSA) is 194 Å². The van der Waals surface area contributed by atoms with Crippen LogP contribution in [0.15, 0.2) is 49.3 Å². The second-order valence-electron chi connectivity index (χ2n) is 13.8. The van der Waals surface area contributed by atoms with Crippen LogP contribution >= 0.6 is 0 Å². The number of nitrogen functional groups attached to an aromatic ring is 2. The summed E-state index contributed by atoms with van der Waals surface area (Å²) in [5, 5.41) is 11.0. The number of anilines is 2. The number of pyridine rings is 2. The molecule has 6 heterocycles. The maximum Gasteiger partial charge on any atom is 0.416 e. The van der Waals surface area contributed by atoms with E-state index in [9.17, 15) is 43.9 Å². The van der Waals surface area contributed by atoms with Crippen LogP contribution in [0.4, 0.5) is 55.5 Å². The van der Waals surface area contributed by atoms with Crippen molar-refractivity contribution in [1.82, 2.24) is 49.9 Å². The number of ether oxygens (including phenoxy) is 2. The van der Waals surface area contributed by atoms with Crippen LogP contribution in [0.1, 0.15) is 75.5 Å². The lowest BCUT2D eigenvalue weighted by Crippen LogP contribution is -2.26. The molecule has 0 atom stereocenters. The van der Waals surface area contributed by atoms with E-state index >= 15 is 0 Å². The smallest absolute Gasteiger partial charge is 0.416 e. The first-order valence-corrected chi connectivity index (χ1v) is 17.8. The minimum absolute atomic E-state index is 0.00404. The minimum atomic E-state index is -4.57. The zero-order valence-corrected chi connectivity index (χ0v) is 30.7. The number of aromatic amines is 1. The van der Waals surface area contributed by atoms with Crippen LogP contribution < -0.4 is 20.9 Å². The van der Waals surface area contributed by atoms with E-state index in [4.69, 9.17) is 20.9 Å². The van der Waals surface area contributed by atoms with Crippen molar-refractivity contribution in [3.8, 4) is 23.5 Å². The standard InChI is InChI=1S/C17H15F5N6O.C11H7F3N6O.C7H12F2/c18-16(19)4-1-10(2-5-16)28-14-12(13(23)25-8-26-14)15(27-28)29-11-7-9(3-6-24-11)17(20,21)22;12-11(13,14)5-1-2-16-6(3-5)21-10-7-8(15)17-4-18-9(7)19-20-10;1-6-2-4-7(8,9)5-3-6/h3,6-8,10H,1-2,4-5H2,(H2,23,25,26);1-4H,(H3,15,17,18,19,20);6H,2-5H2,1H3. The molecule has 0 aromatic carbocycles. The molecule has 24 heteroatoms. The predicted molar refractivity (Wildman–Crippen MR) is 189 cm³/mol. The molecule has 5 N–H and O–H groups in total. The Morgan fingerprint density at radius 1 is 0.678 bits per heavy atom. The van der Waals surface area contributed by atoms with Gasteiger partial charge in [0.25, 0.3) is 11.8 Å². The lowest BCUT2D eigenvalue weighted by molar-refractivity contribution is -0.138. The van der Waals surface area contributed by atoms with Crippen LogP contribution in [0, 0.1) is 5.92 Å². The second-order valence-corrected chi connectivity index (χ2v) is 13.8. The van der Waals surface area contributed by atoms with E-state index in [0.717, 1.165) is 36.7 Å². The first-order chi connectivity index (χ1) is 27.7. The van der Waals surface area contributed by atoms with Crippen molar-refractivity contribution in [3.63, 3.8) is 0 Å². The van der Waals surface area contributed by atoms with E-state index in [1.807, 2.05) is 6.92 Å². The highest BCUT2D eigenvalue weighted by atomic mass is 19.4. The van der Waals surface area contributed by atoms with Gasteiger partial charge in [0.1, 0.15) is 35.1 Å². The van der Waals surface area contributed by atoms with Gasteiger partial charge in [0, 0.05) is 50.2 Å². The summed E-state index contributed by atoms with van der Waals surface area (Å²) in [4.78, 5) is 23.1. The van der Waals surface area contributed by atoms with Crippen molar-refractivity contribution in [2.24, 2.45) is 5.92 Å². The van der Waals surface area contributed by atoms with E-state index in [-0.39, 0.29) is 96.1 Å². The molecule has 14 nitrogen and oxygen atoms in total. The molecule has 6 aromatic rings. The third-order valence-electron chi connectivity index (χ3n) is 9.40. The van der Waals surface area contributed by atoms with Gasteiger partial charge in [0.05, 0.1) is 17.2 Å². The van der Waals surface area contributed by atoms with Gasteiger partial charge < -0.3 is 20.9 Å². The molecule has 2 saturated carbocycles. The summed E-state index contributed by atoms with van der Waals surface area (Å²) in [6, 6.07) is 2.76. The van der Waals surface area contributed by atoms with Crippen molar-refractivity contribution < 1.29 is 53.4 Å². The molecule has 0 spiro atoms. The fraction of sp³-hybridized carbons (Fsp3) is 0.429. The average Bonchev–Trinajstić information content (AvgIpc) is 3.75. The Kier molecular flexibility index (Phi) is 12.0. The highest BCUT2D eigenvalue weighted by molar-refractivity contribution is 5.91. The number of aromatic nitrogens is 10. The molecule has 6 aromatic heterocycles. The van der Waals surface area contributed by atoms with E-state index in [0.29, 0.717) is 24.4 Å². The fourth-order valence-electron chi connectivity index (χ4n) is 6.15. The number of alkyl halides is 10. The Hall–Kier alpha value is -6.10. The van der Waals surface area contributed by atoms with Crippen LogP contribution in [-0.2, 0) is 12.4 Å².